The van der Waals surface area contributed by atoms with Gasteiger partial charge in [-0.3, -0.25) is 4.72 Å². The van der Waals surface area contributed by atoms with Gasteiger partial charge in [-0.25, -0.2) is 13.4 Å². The lowest BCUT2D eigenvalue weighted by Crippen LogP contribution is -2.14. The zero-order valence-corrected chi connectivity index (χ0v) is 12.2. The SMILES string of the molecule is Cc1nc(Cl)ccc1NS(=O)(=O)c1ccc([N+](=O)[O-])nc1. The zero-order valence-electron chi connectivity index (χ0n) is 10.6. The molecular formula is C11H9ClN4O4S. The second-order valence-corrected chi connectivity index (χ2v) is 6.05. The summed E-state index contributed by atoms with van der Waals surface area (Å²) in [6, 6.07) is 5.04. The Balaban J connectivity index is 2.31. The van der Waals surface area contributed by atoms with E-state index >= 15 is 0 Å². The van der Waals surface area contributed by atoms with E-state index in [2.05, 4.69) is 14.7 Å². The molecule has 21 heavy (non-hydrogen) atoms. The summed E-state index contributed by atoms with van der Waals surface area (Å²) in [5, 5.41) is 10.7. The van der Waals surface area contributed by atoms with Crippen molar-refractivity contribution in [2.75, 3.05) is 4.72 Å². The molecule has 0 unspecified atom stereocenters. The van der Waals surface area contributed by atoms with Gasteiger partial charge in [-0.1, -0.05) is 11.6 Å². The van der Waals surface area contributed by atoms with E-state index < -0.39 is 20.8 Å². The van der Waals surface area contributed by atoms with Crippen molar-refractivity contribution in [3.05, 3.63) is 51.4 Å². The minimum atomic E-state index is -3.91. The number of halogens is 1. The van der Waals surface area contributed by atoms with Crippen LogP contribution in [0.15, 0.2) is 35.4 Å². The Morgan fingerprint density at radius 3 is 2.52 bits per heavy atom. The van der Waals surface area contributed by atoms with Crippen molar-refractivity contribution < 1.29 is 13.3 Å². The molecule has 2 aromatic rings. The molecule has 0 atom stereocenters. The first-order valence-corrected chi connectivity index (χ1v) is 7.42. The van der Waals surface area contributed by atoms with E-state index in [1.165, 1.54) is 12.1 Å². The van der Waals surface area contributed by atoms with Crippen molar-refractivity contribution in [2.45, 2.75) is 11.8 Å². The number of aromatic nitrogens is 2. The number of anilines is 1. The molecule has 2 rings (SSSR count). The second-order valence-electron chi connectivity index (χ2n) is 3.98. The molecule has 0 saturated heterocycles. The van der Waals surface area contributed by atoms with Gasteiger partial charge >= 0.3 is 5.82 Å². The number of aryl methyl sites for hydroxylation is 1. The molecule has 0 radical (unpaired) electrons. The van der Waals surface area contributed by atoms with Crippen LogP contribution in [-0.2, 0) is 10.0 Å². The van der Waals surface area contributed by atoms with Crippen molar-refractivity contribution in [1.82, 2.24) is 9.97 Å². The molecule has 0 saturated carbocycles. The van der Waals surface area contributed by atoms with Crippen LogP contribution in [-0.4, -0.2) is 23.3 Å². The van der Waals surface area contributed by atoms with E-state index in [1.54, 1.807) is 6.92 Å². The van der Waals surface area contributed by atoms with Crippen LogP contribution >= 0.6 is 11.6 Å². The summed E-state index contributed by atoms with van der Waals surface area (Å²) in [6.45, 7) is 1.60. The van der Waals surface area contributed by atoms with E-state index in [-0.39, 0.29) is 15.7 Å². The van der Waals surface area contributed by atoms with Gasteiger partial charge in [-0.15, -0.1) is 0 Å². The summed E-state index contributed by atoms with van der Waals surface area (Å²) < 4.78 is 26.6. The second kappa shape index (κ2) is 5.62. The first kappa shape index (κ1) is 15.1. The van der Waals surface area contributed by atoms with Crippen LogP contribution in [0.5, 0.6) is 0 Å². The number of rotatable bonds is 4. The van der Waals surface area contributed by atoms with Crippen LogP contribution in [0.25, 0.3) is 0 Å². The Morgan fingerprint density at radius 1 is 1.29 bits per heavy atom. The summed E-state index contributed by atoms with van der Waals surface area (Å²) in [7, 11) is -3.91. The van der Waals surface area contributed by atoms with Crippen LogP contribution in [0, 0.1) is 17.0 Å². The molecule has 0 fully saturated rings. The Morgan fingerprint density at radius 2 is 2.00 bits per heavy atom. The highest BCUT2D eigenvalue weighted by molar-refractivity contribution is 7.92. The van der Waals surface area contributed by atoms with Crippen molar-refractivity contribution in [2.24, 2.45) is 0 Å². The van der Waals surface area contributed by atoms with Crippen LogP contribution in [0.3, 0.4) is 0 Å². The van der Waals surface area contributed by atoms with E-state index in [0.717, 1.165) is 18.3 Å². The van der Waals surface area contributed by atoms with Gasteiger partial charge in [0, 0.05) is 6.07 Å². The Bertz CT molecular complexity index is 792. The summed E-state index contributed by atoms with van der Waals surface area (Å²) in [6.07, 6.45) is 0.916. The monoisotopic (exact) mass is 328 g/mol. The van der Waals surface area contributed by atoms with E-state index in [4.69, 9.17) is 11.6 Å². The van der Waals surface area contributed by atoms with Gasteiger partial charge in [-0.05, 0) is 35.0 Å². The number of nitrogens with zero attached hydrogens (tertiary/aromatic N) is 3. The van der Waals surface area contributed by atoms with Gasteiger partial charge in [0.15, 0.2) is 6.20 Å². The Hall–Kier alpha value is -2.26. The molecule has 0 aliphatic heterocycles. The molecule has 2 aromatic heterocycles. The van der Waals surface area contributed by atoms with Crippen molar-refractivity contribution in [3.63, 3.8) is 0 Å². The highest BCUT2D eigenvalue weighted by Crippen LogP contribution is 2.20. The highest BCUT2D eigenvalue weighted by atomic mass is 35.5. The molecule has 1 N–H and O–H groups in total. The maximum Gasteiger partial charge on any atom is 0.363 e. The summed E-state index contributed by atoms with van der Waals surface area (Å²) >= 11 is 5.69. The van der Waals surface area contributed by atoms with E-state index in [9.17, 15) is 18.5 Å². The molecule has 8 nitrogen and oxygen atoms in total. The number of hydrogen-bond donors (Lipinski definition) is 1. The third-order valence-electron chi connectivity index (χ3n) is 2.51. The number of nitro groups is 1. The standard InChI is InChI=1S/C11H9ClN4O4S/c1-7-9(3-4-10(12)14-7)15-21(19,20)8-2-5-11(13-6-8)16(17)18/h2-6,15H,1H3. The molecule has 0 aliphatic rings. The van der Waals surface area contributed by atoms with Gasteiger partial charge < -0.3 is 10.1 Å². The lowest BCUT2D eigenvalue weighted by molar-refractivity contribution is -0.389. The largest absolute Gasteiger partial charge is 0.363 e. The number of hydrogen-bond acceptors (Lipinski definition) is 6. The number of pyridine rings is 2. The predicted octanol–water partition coefficient (Wildman–Crippen LogP) is 2.15. The maximum absolute atomic E-state index is 12.1. The predicted molar refractivity (Wildman–Crippen MR) is 75.7 cm³/mol. The summed E-state index contributed by atoms with van der Waals surface area (Å²) in [5.41, 5.74) is 0.665. The van der Waals surface area contributed by atoms with Crippen LogP contribution < -0.4 is 4.72 Å². The average Bonchev–Trinajstić information content (AvgIpc) is 2.42. The fraction of sp³-hybridized carbons (Fsp3) is 0.0909. The highest BCUT2D eigenvalue weighted by Gasteiger charge is 2.19. The average molecular weight is 329 g/mol. The Kier molecular flexibility index (Phi) is 4.05. The van der Waals surface area contributed by atoms with Gasteiger partial charge in [0.1, 0.15) is 10.0 Å². The molecular weight excluding hydrogens is 320 g/mol. The summed E-state index contributed by atoms with van der Waals surface area (Å²) in [5.74, 6) is -0.432. The van der Waals surface area contributed by atoms with Crippen molar-refractivity contribution in [1.29, 1.82) is 0 Å². The molecule has 110 valence electrons. The van der Waals surface area contributed by atoms with Crippen molar-refractivity contribution >= 4 is 33.1 Å². The molecule has 0 aliphatic carbocycles. The van der Waals surface area contributed by atoms with E-state index in [1.807, 2.05) is 0 Å². The lowest BCUT2D eigenvalue weighted by Gasteiger charge is -2.09. The van der Waals surface area contributed by atoms with Gasteiger partial charge in [0.2, 0.25) is 0 Å². The van der Waals surface area contributed by atoms with Gasteiger partial charge in [0.05, 0.1) is 11.4 Å². The van der Waals surface area contributed by atoms with Crippen LogP contribution in [0.2, 0.25) is 5.15 Å². The topological polar surface area (TPSA) is 115 Å². The van der Waals surface area contributed by atoms with Crippen LogP contribution in [0.1, 0.15) is 5.69 Å². The lowest BCUT2D eigenvalue weighted by atomic mass is 10.3. The minimum absolute atomic E-state index is 0.192. The van der Waals surface area contributed by atoms with E-state index in [0.29, 0.717) is 5.69 Å². The normalized spacial score (nSPS) is 11.1. The third kappa shape index (κ3) is 3.44. The Labute approximate surface area is 125 Å². The number of sulfonamides is 1. The smallest absolute Gasteiger partial charge is 0.358 e. The molecule has 0 amide bonds. The fourth-order valence-electron chi connectivity index (χ4n) is 1.48. The summed E-state index contributed by atoms with van der Waals surface area (Å²) in [4.78, 5) is 17.0. The van der Waals surface area contributed by atoms with Gasteiger partial charge in [0.25, 0.3) is 10.0 Å². The minimum Gasteiger partial charge on any atom is -0.358 e. The maximum atomic E-state index is 12.1. The molecule has 10 heteroatoms. The van der Waals surface area contributed by atoms with Gasteiger partial charge in [-0.2, -0.15) is 0 Å². The molecule has 2 heterocycles. The first-order chi connectivity index (χ1) is 9.79. The zero-order chi connectivity index (χ0) is 15.6. The van der Waals surface area contributed by atoms with Crippen LogP contribution in [0.4, 0.5) is 11.5 Å². The molecule has 0 spiro atoms. The molecule has 0 aromatic carbocycles. The quantitative estimate of drug-likeness (QED) is 0.522. The fourth-order valence-corrected chi connectivity index (χ4v) is 2.73. The van der Waals surface area contributed by atoms with Crippen molar-refractivity contribution in [3.8, 4) is 0 Å². The first-order valence-electron chi connectivity index (χ1n) is 5.56. The third-order valence-corrected chi connectivity index (χ3v) is 4.08. The molecule has 0 bridgehead atoms. The number of nitrogens with one attached hydrogen (secondary N) is 1.